The lowest BCUT2D eigenvalue weighted by Gasteiger charge is -2.33. The van der Waals surface area contributed by atoms with Crippen LogP contribution in [0.15, 0.2) is 42.7 Å². The first kappa shape index (κ1) is 18.0. The summed E-state index contributed by atoms with van der Waals surface area (Å²) in [4.78, 5) is 21.3. The molecule has 136 valence electrons. The van der Waals surface area contributed by atoms with Crippen molar-refractivity contribution < 1.29 is 14.3 Å². The zero-order chi connectivity index (χ0) is 18.4. The van der Waals surface area contributed by atoms with Crippen LogP contribution in [0.25, 0.3) is 6.08 Å². The predicted octanol–water partition coefficient (Wildman–Crippen LogP) is 2.79. The Hall–Kier alpha value is -2.80. The highest BCUT2D eigenvalue weighted by Crippen LogP contribution is 2.17. The average molecular weight is 356 g/mol. The number of hydrogen-bond acceptors (Lipinski definition) is 5. The zero-order valence-corrected chi connectivity index (χ0v) is 14.3. The number of anilines is 1. The highest BCUT2D eigenvalue weighted by Gasteiger charge is 2.20. The van der Waals surface area contributed by atoms with Gasteiger partial charge in [-0.2, -0.15) is 0 Å². The third-order valence-electron chi connectivity index (χ3n) is 4.25. The van der Waals surface area contributed by atoms with Crippen LogP contribution in [0.1, 0.15) is 24.1 Å². The zero-order valence-electron chi connectivity index (χ0n) is 14.3. The number of nitrogens with zero attached hydrogens (tertiary/aromatic N) is 3. The van der Waals surface area contributed by atoms with E-state index in [1.54, 1.807) is 12.4 Å². The maximum Gasteiger partial charge on any atom is 0.328 e. The minimum atomic E-state index is -1.02. The van der Waals surface area contributed by atoms with Crippen molar-refractivity contribution in [3.05, 3.63) is 59.8 Å². The summed E-state index contributed by atoms with van der Waals surface area (Å²) >= 11 is 0. The summed E-state index contributed by atoms with van der Waals surface area (Å²) in [5.41, 5.74) is 1.60. The maximum absolute atomic E-state index is 13.0. The van der Waals surface area contributed by atoms with E-state index in [0.29, 0.717) is 11.5 Å². The van der Waals surface area contributed by atoms with Crippen LogP contribution in [0.2, 0.25) is 0 Å². The number of hydrogen-bond donors (Lipinski definition) is 2. The molecule has 1 atom stereocenters. The first-order valence-corrected chi connectivity index (χ1v) is 8.55. The fourth-order valence-corrected chi connectivity index (χ4v) is 3.03. The van der Waals surface area contributed by atoms with Crippen LogP contribution >= 0.6 is 0 Å². The van der Waals surface area contributed by atoms with Gasteiger partial charge in [0.05, 0.1) is 18.1 Å². The SMILES string of the molecule is O=C(O)C=Cc1cnc(N[C@@H]2CCCN(Cc3ccc(F)cc3)C2)cn1. The molecule has 2 heterocycles. The van der Waals surface area contributed by atoms with Crippen molar-refractivity contribution in [1.82, 2.24) is 14.9 Å². The van der Waals surface area contributed by atoms with Gasteiger partial charge < -0.3 is 10.4 Å². The minimum Gasteiger partial charge on any atom is -0.478 e. The molecule has 26 heavy (non-hydrogen) atoms. The van der Waals surface area contributed by atoms with Gasteiger partial charge in [-0.15, -0.1) is 0 Å². The first-order chi connectivity index (χ1) is 12.6. The largest absolute Gasteiger partial charge is 0.478 e. The summed E-state index contributed by atoms with van der Waals surface area (Å²) in [5, 5.41) is 12.0. The molecule has 2 aromatic rings. The van der Waals surface area contributed by atoms with E-state index in [1.807, 2.05) is 12.1 Å². The van der Waals surface area contributed by atoms with E-state index in [2.05, 4.69) is 20.2 Å². The second-order valence-electron chi connectivity index (χ2n) is 6.34. The van der Waals surface area contributed by atoms with Gasteiger partial charge in [-0.1, -0.05) is 12.1 Å². The lowest BCUT2D eigenvalue weighted by atomic mass is 10.0. The number of halogens is 1. The van der Waals surface area contributed by atoms with Gasteiger partial charge in [-0.05, 0) is 43.2 Å². The molecule has 1 aliphatic heterocycles. The second-order valence-corrected chi connectivity index (χ2v) is 6.34. The maximum atomic E-state index is 13.0. The Bertz CT molecular complexity index is 762. The Morgan fingerprint density at radius 3 is 2.81 bits per heavy atom. The van der Waals surface area contributed by atoms with Crippen LogP contribution < -0.4 is 5.32 Å². The summed E-state index contributed by atoms with van der Waals surface area (Å²) in [6.07, 6.45) is 7.71. The molecule has 3 rings (SSSR count). The molecule has 0 saturated carbocycles. The van der Waals surface area contributed by atoms with Crippen molar-refractivity contribution in [2.45, 2.75) is 25.4 Å². The molecular weight excluding hydrogens is 335 g/mol. The summed E-state index contributed by atoms with van der Waals surface area (Å²) in [5.74, 6) is -0.560. The highest BCUT2D eigenvalue weighted by molar-refractivity contribution is 5.84. The fraction of sp³-hybridized carbons (Fsp3) is 0.316. The summed E-state index contributed by atoms with van der Waals surface area (Å²) in [6.45, 7) is 2.68. The van der Waals surface area contributed by atoms with Crippen molar-refractivity contribution in [3.8, 4) is 0 Å². The number of benzene rings is 1. The number of rotatable bonds is 6. The molecule has 0 bridgehead atoms. The second kappa shape index (κ2) is 8.53. The molecule has 0 aliphatic carbocycles. The van der Waals surface area contributed by atoms with E-state index < -0.39 is 5.97 Å². The van der Waals surface area contributed by atoms with Crippen LogP contribution in [0.4, 0.5) is 10.2 Å². The molecule has 1 aromatic heterocycles. The van der Waals surface area contributed by atoms with Gasteiger partial charge in [0.2, 0.25) is 0 Å². The summed E-state index contributed by atoms with van der Waals surface area (Å²) < 4.78 is 13.0. The number of carboxylic acid groups (broad SMARTS) is 1. The van der Waals surface area contributed by atoms with Gasteiger partial charge >= 0.3 is 5.97 Å². The molecule has 7 heteroatoms. The number of carboxylic acids is 1. The number of nitrogens with one attached hydrogen (secondary N) is 1. The Morgan fingerprint density at radius 1 is 1.31 bits per heavy atom. The minimum absolute atomic E-state index is 0.216. The lowest BCUT2D eigenvalue weighted by molar-refractivity contribution is -0.131. The van der Waals surface area contributed by atoms with E-state index in [-0.39, 0.29) is 11.9 Å². The van der Waals surface area contributed by atoms with E-state index in [9.17, 15) is 9.18 Å². The summed E-state index contributed by atoms with van der Waals surface area (Å²) in [6, 6.07) is 6.89. The van der Waals surface area contributed by atoms with Crippen LogP contribution in [0.3, 0.4) is 0 Å². The Balaban J connectivity index is 1.54. The van der Waals surface area contributed by atoms with Gasteiger partial charge in [0.15, 0.2) is 0 Å². The lowest BCUT2D eigenvalue weighted by Crippen LogP contribution is -2.41. The molecule has 1 aromatic carbocycles. The van der Waals surface area contributed by atoms with Gasteiger partial charge in [0, 0.05) is 25.2 Å². The number of carbonyl (C=O) groups is 1. The molecule has 6 nitrogen and oxygen atoms in total. The Morgan fingerprint density at radius 2 is 2.12 bits per heavy atom. The molecule has 0 spiro atoms. The Labute approximate surface area is 151 Å². The van der Waals surface area contributed by atoms with Gasteiger partial charge in [-0.3, -0.25) is 9.88 Å². The van der Waals surface area contributed by atoms with E-state index in [0.717, 1.165) is 44.1 Å². The molecule has 0 unspecified atom stereocenters. The topological polar surface area (TPSA) is 78.3 Å². The number of likely N-dealkylation sites (tertiary alicyclic amines) is 1. The van der Waals surface area contributed by atoms with Crippen molar-refractivity contribution in [1.29, 1.82) is 0 Å². The monoisotopic (exact) mass is 356 g/mol. The highest BCUT2D eigenvalue weighted by atomic mass is 19.1. The van der Waals surface area contributed by atoms with E-state index >= 15 is 0 Å². The molecule has 1 fully saturated rings. The van der Waals surface area contributed by atoms with Gasteiger partial charge in [0.25, 0.3) is 0 Å². The van der Waals surface area contributed by atoms with Gasteiger partial charge in [0.1, 0.15) is 11.6 Å². The molecule has 2 N–H and O–H groups in total. The van der Waals surface area contributed by atoms with Gasteiger partial charge in [-0.25, -0.2) is 14.2 Å². The van der Waals surface area contributed by atoms with E-state index in [4.69, 9.17) is 5.11 Å². The van der Waals surface area contributed by atoms with Crippen molar-refractivity contribution >= 4 is 17.9 Å². The first-order valence-electron chi connectivity index (χ1n) is 8.55. The summed E-state index contributed by atoms with van der Waals surface area (Å²) in [7, 11) is 0. The normalized spacial score (nSPS) is 18.1. The smallest absolute Gasteiger partial charge is 0.328 e. The molecule has 1 saturated heterocycles. The molecular formula is C19H21FN4O2. The predicted molar refractivity (Wildman–Crippen MR) is 97.0 cm³/mol. The van der Waals surface area contributed by atoms with Crippen LogP contribution in [-0.4, -0.2) is 45.1 Å². The molecule has 0 radical (unpaired) electrons. The molecule has 0 amide bonds. The molecule has 1 aliphatic rings. The third kappa shape index (κ3) is 5.35. The quantitative estimate of drug-likeness (QED) is 0.775. The number of aromatic nitrogens is 2. The van der Waals surface area contributed by atoms with Crippen LogP contribution in [0, 0.1) is 5.82 Å². The third-order valence-corrected chi connectivity index (χ3v) is 4.25. The van der Waals surface area contributed by atoms with Crippen LogP contribution in [-0.2, 0) is 11.3 Å². The number of piperidine rings is 1. The van der Waals surface area contributed by atoms with Crippen LogP contribution in [0.5, 0.6) is 0 Å². The average Bonchev–Trinajstić information content (AvgIpc) is 2.63. The van der Waals surface area contributed by atoms with Crippen molar-refractivity contribution in [2.24, 2.45) is 0 Å². The standard InChI is InChI=1S/C19H21FN4O2/c20-15-5-3-14(4-6-15)12-24-9-1-2-17(13-24)23-18-11-21-16(10-22-18)7-8-19(25)26/h3-8,10-11,17H,1-2,9,12-13H2,(H,22,23)(H,25,26)/t17-/m1/s1. The fourth-order valence-electron chi connectivity index (χ4n) is 3.03. The van der Waals surface area contributed by atoms with E-state index in [1.165, 1.54) is 18.2 Å². The van der Waals surface area contributed by atoms with Crippen molar-refractivity contribution in [3.63, 3.8) is 0 Å². The van der Waals surface area contributed by atoms with Crippen molar-refractivity contribution in [2.75, 3.05) is 18.4 Å². The number of aliphatic carboxylic acids is 1. The Kier molecular flexibility index (Phi) is 5.91.